The van der Waals surface area contributed by atoms with Gasteiger partial charge in [-0.05, 0) is 31.9 Å². The minimum absolute atomic E-state index is 0.131. The predicted molar refractivity (Wildman–Crippen MR) is 79.3 cm³/mol. The van der Waals surface area contributed by atoms with E-state index in [1.54, 1.807) is 12.1 Å². The van der Waals surface area contributed by atoms with Crippen molar-refractivity contribution < 1.29 is 23.3 Å². The highest BCUT2D eigenvalue weighted by molar-refractivity contribution is 7.79. The summed E-state index contributed by atoms with van der Waals surface area (Å²) in [4.78, 5) is 0.450. The Labute approximate surface area is 127 Å². The van der Waals surface area contributed by atoms with Gasteiger partial charge in [0.1, 0.15) is 0 Å². The van der Waals surface area contributed by atoms with E-state index in [0.29, 0.717) is 4.90 Å². The van der Waals surface area contributed by atoms with Crippen molar-refractivity contribution in [2.75, 3.05) is 13.2 Å². The number of hydrogen-bond acceptors (Lipinski definition) is 4. The van der Waals surface area contributed by atoms with Gasteiger partial charge in [0.05, 0.1) is 24.2 Å². The molecule has 6 heteroatoms. The topological polar surface area (TPSA) is 76.0 Å². The van der Waals surface area contributed by atoms with Gasteiger partial charge in [-0.25, -0.2) is 4.21 Å². The van der Waals surface area contributed by atoms with Crippen LogP contribution in [0.5, 0.6) is 0 Å². The molecular weight excluding hydrogens is 292 g/mol. The first-order valence-corrected chi connectivity index (χ1v) is 8.25. The fourth-order valence-corrected chi connectivity index (χ4v) is 2.85. The van der Waals surface area contributed by atoms with Crippen molar-refractivity contribution >= 4 is 11.1 Å². The Bertz CT molecular complexity index is 457. The Balaban J connectivity index is 0.000000155. The summed E-state index contributed by atoms with van der Waals surface area (Å²) in [6.45, 7) is 3.37. The first-order chi connectivity index (χ1) is 10.0. The molecule has 1 aliphatic carbocycles. The molecule has 1 aromatic rings. The summed E-state index contributed by atoms with van der Waals surface area (Å²) in [5.41, 5.74) is 1.09. The number of ether oxygens (including phenoxy) is 2. The number of aryl methyl sites for hydroxylation is 1. The molecule has 1 heterocycles. The van der Waals surface area contributed by atoms with Gasteiger partial charge >= 0.3 is 0 Å². The third-order valence-electron chi connectivity index (χ3n) is 3.75. The zero-order chi connectivity index (χ0) is 15.3. The van der Waals surface area contributed by atoms with Crippen LogP contribution in [0.3, 0.4) is 0 Å². The number of rotatable bonds is 1. The van der Waals surface area contributed by atoms with Gasteiger partial charge in [0.15, 0.2) is 16.9 Å². The average molecular weight is 314 g/mol. The standard InChI is InChI=1S/C8H14O3.C7H8O2S/c9-7-1-3-8(4-2-7)10-5-6-11-8;1-6-2-4-7(5-3-6)10(8)9/h7,9H,1-6H2;2-5H,1H3,(H,8,9). The molecule has 3 rings (SSSR count). The lowest BCUT2D eigenvalue weighted by atomic mass is 9.92. The number of aliphatic hydroxyl groups excluding tert-OH is 1. The Morgan fingerprint density at radius 3 is 2.14 bits per heavy atom. The first kappa shape index (κ1) is 16.6. The van der Waals surface area contributed by atoms with Gasteiger partial charge in [0, 0.05) is 12.8 Å². The van der Waals surface area contributed by atoms with Crippen molar-refractivity contribution in [2.24, 2.45) is 0 Å². The van der Waals surface area contributed by atoms with Gasteiger partial charge in [0.2, 0.25) is 0 Å². The summed E-state index contributed by atoms with van der Waals surface area (Å²) in [6.07, 6.45) is 3.22. The molecule has 1 aliphatic heterocycles. The van der Waals surface area contributed by atoms with Crippen molar-refractivity contribution in [1.29, 1.82) is 0 Å². The third kappa shape index (κ3) is 4.86. The smallest absolute Gasteiger partial charge is 0.186 e. The quantitative estimate of drug-likeness (QED) is 0.778. The van der Waals surface area contributed by atoms with Gasteiger partial charge in [-0.3, -0.25) is 0 Å². The molecule has 0 amide bonds. The lowest BCUT2D eigenvalue weighted by molar-refractivity contribution is -0.187. The maximum absolute atomic E-state index is 10.4. The highest BCUT2D eigenvalue weighted by atomic mass is 32.2. The molecule has 1 aromatic carbocycles. The van der Waals surface area contributed by atoms with Gasteiger partial charge in [-0.1, -0.05) is 17.7 Å². The second-order valence-corrected chi connectivity index (χ2v) is 6.37. The van der Waals surface area contributed by atoms with Crippen LogP contribution in [0.15, 0.2) is 29.2 Å². The molecule has 2 fully saturated rings. The fourth-order valence-electron chi connectivity index (χ4n) is 2.48. The lowest BCUT2D eigenvalue weighted by Gasteiger charge is -2.33. The van der Waals surface area contributed by atoms with Gasteiger partial charge in [-0.15, -0.1) is 0 Å². The van der Waals surface area contributed by atoms with Gasteiger partial charge in [-0.2, -0.15) is 0 Å². The number of aliphatic hydroxyl groups is 1. The SMILES string of the molecule is Cc1ccc(S(=O)O)cc1.OC1CCC2(CC1)OCCO2. The van der Waals surface area contributed by atoms with Crippen LogP contribution in [-0.2, 0) is 20.6 Å². The van der Waals surface area contributed by atoms with E-state index < -0.39 is 11.1 Å². The molecule has 1 unspecified atom stereocenters. The molecule has 21 heavy (non-hydrogen) atoms. The summed E-state index contributed by atoms with van der Waals surface area (Å²) in [7, 11) is 0. The number of benzene rings is 1. The minimum Gasteiger partial charge on any atom is -0.393 e. The van der Waals surface area contributed by atoms with Crippen molar-refractivity contribution in [3.63, 3.8) is 0 Å². The molecule has 1 spiro atoms. The molecule has 0 aromatic heterocycles. The molecule has 1 atom stereocenters. The van der Waals surface area contributed by atoms with Crippen LogP contribution >= 0.6 is 0 Å². The molecule has 2 N–H and O–H groups in total. The molecular formula is C15H22O5S. The predicted octanol–water partition coefficient (Wildman–Crippen LogP) is 2.24. The van der Waals surface area contributed by atoms with Crippen LogP contribution in [0.2, 0.25) is 0 Å². The summed E-state index contributed by atoms with van der Waals surface area (Å²) in [5, 5.41) is 9.24. The van der Waals surface area contributed by atoms with E-state index in [1.165, 1.54) is 0 Å². The first-order valence-electron chi connectivity index (χ1n) is 7.14. The Kier molecular flexibility index (Phi) is 5.89. The molecule has 118 valence electrons. The van der Waals surface area contributed by atoms with E-state index in [2.05, 4.69) is 0 Å². The Morgan fingerprint density at radius 2 is 1.67 bits per heavy atom. The van der Waals surface area contributed by atoms with Crippen LogP contribution < -0.4 is 0 Å². The molecule has 5 nitrogen and oxygen atoms in total. The van der Waals surface area contributed by atoms with E-state index >= 15 is 0 Å². The summed E-state index contributed by atoms with van der Waals surface area (Å²) >= 11 is -1.84. The van der Waals surface area contributed by atoms with Crippen LogP contribution in [0, 0.1) is 6.92 Å². The van der Waals surface area contributed by atoms with Crippen LogP contribution in [0.25, 0.3) is 0 Å². The highest BCUT2D eigenvalue weighted by Gasteiger charge is 2.39. The van der Waals surface area contributed by atoms with Crippen LogP contribution in [-0.4, -0.2) is 39.0 Å². The second kappa shape index (κ2) is 7.47. The van der Waals surface area contributed by atoms with E-state index in [1.807, 2.05) is 19.1 Å². The number of hydrogen-bond donors (Lipinski definition) is 2. The Morgan fingerprint density at radius 1 is 1.14 bits per heavy atom. The summed E-state index contributed by atoms with van der Waals surface area (Å²) < 4.78 is 30.0. The lowest BCUT2D eigenvalue weighted by Crippen LogP contribution is -2.36. The van der Waals surface area contributed by atoms with Gasteiger partial charge < -0.3 is 19.1 Å². The van der Waals surface area contributed by atoms with E-state index in [4.69, 9.17) is 14.0 Å². The molecule has 1 saturated heterocycles. The normalized spacial score (nSPS) is 22.6. The molecule has 0 radical (unpaired) electrons. The molecule has 0 bridgehead atoms. The van der Waals surface area contributed by atoms with Crippen molar-refractivity contribution in [3.05, 3.63) is 29.8 Å². The van der Waals surface area contributed by atoms with Gasteiger partial charge in [0.25, 0.3) is 0 Å². The zero-order valence-electron chi connectivity index (χ0n) is 12.2. The summed E-state index contributed by atoms with van der Waals surface area (Å²) in [6, 6.07) is 6.91. The minimum atomic E-state index is -1.84. The highest BCUT2D eigenvalue weighted by Crippen LogP contribution is 2.35. The molecule has 2 aliphatic rings. The van der Waals surface area contributed by atoms with E-state index in [-0.39, 0.29) is 11.9 Å². The van der Waals surface area contributed by atoms with Crippen LogP contribution in [0.1, 0.15) is 31.2 Å². The van der Waals surface area contributed by atoms with E-state index in [9.17, 15) is 9.32 Å². The average Bonchev–Trinajstić information content (AvgIpc) is 2.92. The maximum Gasteiger partial charge on any atom is 0.186 e. The summed E-state index contributed by atoms with van der Waals surface area (Å²) in [5.74, 6) is -0.306. The second-order valence-electron chi connectivity index (χ2n) is 5.40. The maximum atomic E-state index is 10.4. The van der Waals surface area contributed by atoms with Crippen molar-refractivity contribution in [1.82, 2.24) is 0 Å². The monoisotopic (exact) mass is 314 g/mol. The van der Waals surface area contributed by atoms with Crippen molar-refractivity contribution in [3.8, 4) is 0 Å². The zero-order valence-corrected chi connectivity index (χ0v) is 13.0. The third-order valence-corrected chi connectivity index (χ3v) is 4.43. The van der Waals surface area contributed by atoms with Crippen LogP contribution in [0.4, 0.5) is 0 Å². The van der Waals surface area contributed by atoms with Crippen molar-refractivity contribution in [2.45, 2.75) is 49.4 Å². The van der Waals surface area contributed by atoms with E-state index in [0.717, 1.165) is 44.5 Å². The Hall–Kier alpha value is -0.790. The molecule has 1 saturated carbocycles. The largest absolute Gasteiger partial charge is 0.393 e. The fraction of sp³-hybridized carbons (Fsp3) is 0.600.